The van der Waals surface area contributed by atoms with Crippen molar-refractivity contribution in [2.24, 2.45) is 0 Å². The quantitative estimate of drug-likeness (QED) is 0.265. The van der Waals surface area contributed by atoms with Crippen LogP contribution in [0.4, 0.5) is 0 Å². The number of carbonyl (C=O) groups is 1. The van der Waals surface area contributed by atoms with Crippen LogP contribution in [0.3, 0.4) is 0 Å². The second kappa shape index (κ2) is 8.77. The summed E-state index contributed by atoms with van der Waals surface area (Å²) in [4.78, 5) is 16.7. The highest BCUT2D eigenvalue weighted by molar-refractivity contribution is 9.10. The van der Waals surface area contributed by atoms with Crippen LogP contribution < -0.4 is 0 Å². The van der Waals surface area contributed by atoms with E-state index in [2.05, 4.69) is 20.9 Å². The number of hydrogen-bond donors (Lipinski definition) is 0. The van der Waals surface area contributed by atoms with Gasteiger partial charge >= 0.3 is 0 Å². The number of fused-ring (bicyclic) bond motifs is 1. The molecule has 28 heavy (non-hydrogen) atoms. The average molecular weight is 483 g/mol. The molecule has 3 aromatic rings. The molecule has 0 N–H and O–H groups in total. The first kappa shape index (κ1) is 21.0. The summed E-state index contributed by atoms with van der Waals surface area (Å²) in [6.45, 7) is 0. The summed E-state index contributed by atoms with van der Waals surface area (Å²) < 4.78 is 32.2. The van der Waals surface area contributed by atoms with E-state index in [0.29, 0.717) is 40.5 Å². The number of hydrogen-bond acceptors (Lipinski definition) is 6. The standard InChI is InChI=1S/C19H19BrN2O4S2/c1-22(2)28(24,25)15-9-10-18-16(12-15)21-19(26-18)27-11-3-4-17(23)13-5-7-14(20)8-6-13/h5-10,12H,3-4,11H2,1-2H3. The third-order valence-corrected chi connectivity index (χ3v) is 7.31. The van der Waals surface area contributed by atoms with E-state index in [9.17, 15) is 13.2 Å². The van der Waals surface area contributed by atoms with E-state index < -0.39 is 10.0 Å². The molecule has 0 saturated carbocycles. The van der Waals surface area contributed by atoms with Gasteiger partial charge in [0.25, 0.3) is 5.22 Å². The number of benzene rings is 2. The van der Waals surface area contributed by atoms with Crippen molar-refractivity contribution in [2.45, 2.75) is 23.0 Å². The molecule has 0 unspecified atom stereocenters. The number of halogens is 1. The zero-order valence-corrected chi connectivity index (χ0v) is 18.6. The Morgan fingerprint density at radius 3 is 2.57 bits per heavy atom. The van der Waals surface area contributed by atoms with Crippen molar-refractivity contribution in [3.05, 3.63) is 52.5 Å². The monoisotopic (exact) mass is 482 g/mol. The minimum atomic E-state index is -3.51. The predicted molar refractivity (Wildman–Crippen MR) is 113 cm³/mol. The number of carbonyl (C=O) groups excluding carboxylic acids is 1. The van der Waals surface area contributed by atoms with Gasteiger partial charge in [-0.25, -0.2) is 17.7 Å². The highest BCUT2D eigenvalue weighted by atomic mass is 79.9. The number of sulfonamides is 1. The van der Waals surface area contributed by atoms with Gasteiger partial charge in [-0.1, -0.05) is 39.8 Å². The van der Waals surface area contributed by atoms with Gasteiger partial charge in [-0.3, -0.25) is 4.79 Å². The highest BCUT2D eigenvalue weighted by Crippen LogP contribution is 2.27. The van der Waals surface area contributed by atoms with Crippen LogP contribution in [-0.4, -0.2) is 43.3 Å². The summed E-state index contributed by atoms with van der Waals surface area (Å²) in [6.07, 6.45) is 1.14. The summed E-state index contributed by atoms with van der Waals surface area (Å²) in [5.74, 6) is 0.780. The predicted octanol–water partition coefficient (Wildman–Crippen LogP) is 4.60. The van der Waals surface area contributed by atoms with Crippen LogP contribution in [0.2, 0.25) is 0 Å². The normalized spacial score (nSPS) is 12.0. The fourth-order valence-corrected chi connectivity index (χ4v) is 4.45. The van der Waals surface area contributed by atoms with Crippen LogP contribution in [0.15, 0.2) is 61.5 Å². The molecule has 1 aromatic heterocycles. The van der Waals surface area contributed by atoms with Crippen molar-refractivity contribution in [3.8, 4) is 0 Å². The summed E-state index contributed by atoms with van der Waals surface area (Å²) in [7, 11) is -0.544. The lowest BCUT2D eigenvalue weighted by Crippen LogP contribution is -2.22. The zero-order valence-electron chi connectivity index (χ0n) is 15.4. The molecule has 148 valence electrons. The van der Waals surface area contributed by atoms with E-state index in [4.69, 9.17) is 4.42 Å². The Bertz CT molecular complexity index is 1090. The van der Waals surface area contributed by atoms with Crippen LogP contribution >= 0.6 is 27.7 Å². The van der Waals surface area contributed by atoms with Crippen molar-refractivity contribution >= 4 is 54.6 Å². The number of nitrogens with zero attached hydrogens (tertiary/aromatic N) is 2. The molecule has 2 aromatic carbocycles. The van der Waals surface area contributed by atoms with E-state index in [0.717, 1.165) is 8.78 Å². The van der Waals surface area contributed by atoms with Crippen molar-refractivity contribution in [1.82, 2.24) is 9.29 Å². The molecular weight excluding hydrogens is 464 g/mol. The molecular formula is C19H19BrN2O4S2. The van der Waals surface area contributed by atoms with Gasteiger partial charge in [-0.05, 0) is 36.8 Å². The molecule has 0 saturated heterocycles. The number of ketones is 1. The molecule has 3 rings (SSSR count). The van der Waals surface area contributed by atoms with Gasteiger partial charge in [0.05, 0.1) is 4.90 Å². The van der Waals surface area contributed by atoms with Crippen LogP contribution in [0.1, 0.15) is 23.2 Å². The summed E-state index contributed by atoms with van der Waals surface area (Å²) in [6, 6.07) is 11.9. The van der Waals surface area contributed by atoms with E-state index in [1.807, 2.05) is 12.1 Å². The minimum Gasteiger partial charge on any atom is -0.431 e. The van der Waals surface area contributed by atoms with Crippen molar-refractivity contribution in [1.29, 1.82) is 0 Å². The number of oxazole rings is 1. The van der Waals surface area contributed by atoms with E-state index >= 15 is 0 Å². The molecule has 0 spiro atoms. The maximum absolute atomic E-state index is 12.2. The SMILES string of the molecule is CN(C)S(=O)(=O)c1ccc2oc(SCCCC(=O)c3ccc(Br)cc3)nc2c1. The molecule has 0 aliphatic carbocycles. The van der Waals surface area contributed by atoms with E-state index in [-0.39, 0.29) is 10.7 Å². The van der Waals surface area contributed by atoms with Crippen molar-refractivity contribution in [2.75, 3.05) is 19.8 Å². The maximum atomic E-state index is 12.2. The highest BCUT2D eigenvalue weighted by Gasteiger charge is 2.19. The zero-order chi connectivity index (χ0) is 20.3. The first-order valence-electron chi connectivity index (χ1n) is 8.52. The lowest BCUT2D eigenvalue weighted by molar-refractivity contribution is 0.0982. The van der Waals surface area contributed by atoms with Gasteiger partial charge in [0.15, 0.2) is 11.4 Å². The van der Waals surface area contributed by atoms with Crippen LogP contribution in [0.25, 0.3) is 11.1 Å². The van der Waals surface area contributed by atoms with Crippen molar-refractivity contribution in [3.63, 3.8) is 0 Å². The molecule has 0 aliphatic rings. The van der Waals surface area contributed by atoms with Gasteiger partial charge in [-0.2, -0.15) is 0 Å². The molecule has 6 nitrogen and oxygen atoms in total. The summed E-state index contributed by atoms with van der Waals surface area (Å²) in [5.41, 5.74) is 1.73. The van der Waals surface area contributed by atoms with Crippen molar-refractivity contribution < 1.29 is 17.6 Å². The minimum absolute atomic E-state index is 0.101. The summed E-state index contributed by atoms with van der Waals surface area (Å²) in [5, 5.41) is 0.463. The Kier molecular flexibility index (Phi) is 6.59. The van der Waals surface area contributed by atoms with Gasteiger partial charge < -0.3 is 4.42 Å². The molecule has 0 radical (unpaired) electrons. The third-order valence-electron chi connectivity index (χ3n) is 4.06. The molecule has 1 heterocycles. The van der Waals surface area contributed by atoms with E-state index in [1.54, 1.807) is 18.2 Å². The lowest BCUT2D eigenvalue weighted by Gasteiger charge is -2.10. The fourth-order valence-electron chi connectivity index (χ4n) is 2.49. The van der Waals surface area contributed by atoms with Crippen LogP contribution in [-0.2, 0) is 10.0 Å². The molecule has 0 fully saturated rings. The fraction of sp³-hybridized carbons (Fsp3) is 0.263. The van der Waals surface area contributed by atoms with Gasteiger partial charge in [0.1, 0.15) is 5.52 Å². The molecule has 0 atom stereocenters. The van der Waals surface area contributed by atoms with Gasteiger partial charge in [0, 0.05) is 36.3 Å². The smallest absolute Gasteiger partial charge is 0.256 e. The largest absolute Gasteiger partial charge is 0.431 e. The Morgan fingerprint density at radius 2 is 1.89 bits per heavy atom. The van der Waals surface area contributed by atoms with Gasteiger partial charge in [-0.15, -0.1) is 0 Å². The second-order valence-corrected chi connectivity index (χ2v) is 10.4. The van der Waals surface area contributed by atoms with Crippen LogP contribution in [0, 0.1) is 0 Å². The van der Waals surface area contributed by atoms with E-state index in [1.165, 1.54) is 38.0 Å². The topological polar surface area (TPSA) is 80.5 Å². The Hall–Kier alpha value is -1.68. The molecule has 0 amide bonds. The molecule has 9 heteroatoms. The summed E-state index contributed by atoms with van der Waals surface area (Å²) >= 11 is 4.76. The third kappa shape index (κ3) is 4.83. The maximum Gasteiger partial charge on any atom is 0.256 e. The number of rotatable bonds is 8. The molecule has 0 aliphatic heterocycles. The Labute approximate surface area is 176 Å². The number of Topliss-reactive ketones (excluding diaryl/α,β-unsaturated/α-hetero) is 1. The number of thioether (sulfide) groups is 1. The average Bonchev–Trinajstić information content (AvgIpc) is 3.07. The molecule has 0 bridgehead atoms. The first-order chi connectivity index (χ1) is 13.3. The Balaban J connectivity index is 1.59. The van der Waals surface area contributed by atoms with Gasteiger partial charge in [0.2, 0.25) is 10.0 Å². The second-order valence-electron chi connectivity index (χ2n) is 6.28. The van der Waals surface area contributed by atoms with Crippen LogP contribution in [0.5, 0.6) is 0 Å². The Morgan fingerprint density at radius 1 is 1.18 bits per heavy atom. The first-order valence-corrected chi connectivity index (χ1v) is 11.7. The number of aromatic nitrogens is 1. The lowest BCUT2D eigenvalue weighted by atomic mass is 10.1.